The number of benzene rings is 6. The lowest BCUT2D eigenvalue weighted by Crippen LogP contribution is -2.17. The summed E-state index contributed by atoms with van der Waals surface area (Å²) in [5, 5.41) is 12.5. The third-order valence-corrected chi connectivity index (χ3v) is 11.5. The van der Waals surface area contributed by atoms with Crippen LogP contribution in [0.5, 0.6) is 5.75 Å². The van der Waals surface area contributed by atoms with E-state index in [1.807, 2.05) is 54.6 Å². The number of imidazole rings is 1. The number of phenolic OH excluding ortho intramolecular Hbond substituents is 1. The van der Waals surface area contributed by atoms with Crippen LogP contribution >= 0.6 is 0 Å². The van der Waals surface area contributed by atoms with Gasteiger partial charge in [0.25, 0.3) is 0 Å². The van der Waals surface area contributed by atoms with E-state index < -0.39 is 36.7 Å². The minimum Gasteiger partial charge on any atom is -0.507 e. The van der Waals surface area contributed by atoms with E-state index in [0.717, 1.165) is 50.1 Å². The lowest BCUT2D eigenvalue weighted by atomic mass is 9.79. The van der Waals surface area contributed by atoms with E-state index in [1.54, 1.807) is 0 Å². The van der Waals surface area contributed by atoms with Crippen LogP contribution in [0.15, 0.2) is 134 Å². The highest BCUT2D eigenvalue weighted by atomic mass is 16.3. The molecule has 8 rings (SSSR count). The summed E-state index contributed by atoms with van der Waals surface area (Å²) >= 11 is 0. The molecule has 6 aromatic carbocycles. The molecule has 0 bridgehead atoms. The molecule has 0 atom stereocenters. The Balaban J connectivity index is 1.48. The average Bonchev–Trinajstić information content (AvgIpc) is 3.65. The highest BCUT2D eigenvalue weighted by molar-refractivity contribution is 5.98. The molecule has 1 N–H and O–H groups in total. The molecule has 61 heavy (non-hydrogen) atoms. The van der Waals surface area contributed by atoms with E-state index in [2.05, 4.69) is 121 Å². The van der Waals surface area contributed by atoms with Crippen molar-refractivity contribution in [2.45, 2.75) is 99.2 Å². The second-order valence-electron chi connectivity index (χ2n) is 19.2. The molecule has 0 amide bonds. The Hall–Kier alpha value is -6.26. The van der Waals surface area contributed by atoms with Crippen LogP contribution in [0, 0.1) is 20.6 Å². The molecule has 4 nitrogen and oxygen atoms in total. The van der Waals surface area contributed by atoms with Crippen molar-refractivity contribution in [3.63, 3.8) is 0 Å². The minimum atomic E-state index is -2.80. The maximum atomic E-state index is 12.5. The molecule has 2 aromatic heterocycles. The first-order valence-corrected chi connectivity index (χ1v) is 20.8. The van der Waals surface area contributed by atoms with Gasteiger partial charge in [0.05, 0.1) is 32.1 Å². The van der Waals surface area contributed by atoms with Gasteiger partial charge in [-0.2, -0.15) is 0 Å². The molecule has 308 valence electrons. The Morgan fingerprint density at radius 2 is 1.28 bits per heavy atom. The second-order valence-corrected chi connectivity index (χ2v) is 19.2. The van der Waals surface area contributed by atoms with Crippen molar-refractivity contribution in [2.75, 3.05) is 0 Å². The summed E-state index contributed by atoms with van der Waals surface area (Å²) in [5.41, 5.74) is 7.98. The number of aryl methyl sites for hydroxylation is 3. The third kappa shape index (κ3) is 7.92. The normalized spacial score (nSPS) is 14.9. The van der Waals surface area contributed by atoms with Crippen molar-refractivity contribution >= 4 is 11.0 Å². The van der Waals surface area contributed by atoms with E-state index in [1.165, 1.54) is 18.2 Å². The zero-order chi connectivity index (χ0) is 51.2. The SMILES string of the molecule is [2H]c1nc(-c2cc(-c3cccc4c3nc(-c3cc(C(C)(C)C)cc(C(C)(C)C)c3O)n4-c3ccc(C)cc3-c3ccccc3)cc(C(C)(C)C)c2)c([2H])c(-c2c(C([2H])([2H])[2H])cccc2C([2H])([2H])[2H])c1[2H]. The summed E-state index contributed by atoms with van der Waals surface area (Å²) in [5.74, 6) is 0.673. The molecular weight excluding hydrogens is 743 g/mol. The number of para-hydroxylation sites is 1. The van der Waals surface area contributed by atoms with Gasteiger partial charge in [-0.3, -0.25) is 9.55 Å². The van der Waals surface area contributed by atoms with Crippen LogP contribution in [-0.4, -0.2) is 19.6 Å². The van der Waals surface area contributed by atoms with E-state index in [0.29, 0.717) is 28.0 Å². The van der Waals surface area contributed by atoms with Crippen molar-refractivity contribution in [3.8, 4) is 67.5 Å². The Morgan fingerprint density at radius 1 is 0.607 bits per heavy atom. The summed E-state index contributed by atoms with van der Waals surface area (Å²) in [7, 11) is 0. The van der Waals surface area contributed by atoms with Gasteiger partial charge in [0.2, 0.25) is 0 Å². The smallest absolute Gasteiger partial charge is 0.149 e. The zero-order valence-electron chi connectivity index (χ0n) is 45.8. The number of rotatable bonds is 6. The number of nitrogens with zero attached hydrogens (tertiary/aromatic N) is 3. The zero-order valence-corrected chi connectivity index (χ0v) is 36.8. The van der Waals surface area contributed by atoms with Crippen molar-refractivity contribution in [1.29, 1.82) is 0 Å². The van der Waals surface area contributed by atoms with Crippen molar-refractivity contribution in [3.05, 3.63) is 167 Å². The molecule has 0 radical (unpaired) electrons. The van der Waals surface area contributed by atoms with Gasteiger partial charge in [-0.25, -0.2) is 4.98 Å². The highest BCUT2D eigenvalue weighted by Crippen LogP contribution is 2.46. The lowest BCUT2D eigenvalue weighted by Gasteiger charge is -2.27. The molecule has 4 heteroatoms. The van der Waals surface area contributed by atoms with Crippen LogP contribution in [0.2, 0.25) is 0 Å². The molecular formula is C57H59N3O. The van der Waals surface area contributed by atoms with Crippen LogP contribution in [0.4, 0.5) is 0 Å². The predicted molar refractivity (Wildman–Crippen MR) is 258 cm³/mol. The maximum absolute atomic E-state index is 12.5. The fourth-order valence-corrected chi connectivity index (χ4v) is 8.01. The number of fused-ring (bicyclic) bond motifs is 1. The van der Waals surface area contributed by atoms with Crippen LogP contribution in [-0.2, 0) is 16.2 Å². The summed E-state index contributed by atoms with van der Waals surface area (Å²) < 4.78 is 80.1. The van der Waals surface area contributed by atoms with Gasteiger partial charge in [-0.15, -0.1) is 0 Å². The van der Waals surface area contributed by atoms with Gasteiger partial charge in [-0.05, 0) is 130 Å². The second kappa shape index (κ2) is 15.3. The van der Waals surface area contributed by atoms with Crippen LogP contribution in [0.1, 0.15) is 108 Å². The number of aromatic nitrogens is 3. The molecule has 2 heterocycles. The Labute approximate surface area is 375 Å². The summed E-state index contributed by atoms with van der Waals surface area (Å²) in [6, 6.07) is 35.4. The molecule has 0 spiro atoms. The van der Waals surface area contributed by atoms with Gasteiger partial charge < -0.3 is 5.11 Å². The topological polar surface area (TPSA) is 50.9 Å². The fourth-order valence-electron chi connectivity index (χ4n) is 8.01. The van der Waals surface area contributed by atoms with Crippen molar-refractivity contribution in [1.82, 2.24) is 14.5 Å². The molecule has 8 aromatic rings. The van der Waals surface area contributed by atoms with Crippen LogP contribution in [0.3, 0.4) is 0 Å². The molecule has 0 saturated carbocycles. The van der Waals surface area contributed by atoms with E-state index >= 15 is 0 Å². The monoisotopic (exact) mass is 811 g/mol. The molecule has 0 aliphatic carbocycles. The highest BCUT2D eigenvalue weighted by Gasteiger charge is 2.29. The predicted octanol–water partition coefficient (Wildman–Crippen LogP) is 15.3. The van der Waals surface area contributed by atoms with Crippen molar-refractivity contribution in [2.24, 2.45) is 0 Å². The lowest BCUT2D eigenvalue weighted by molar-refractivity contribution is 0.446. The Bertz CT molecular complexity index is 3310. The number of aromatic hydroxyl groups is 1. The van der Waals surface area contributed by atoms with E-state index in [-0.39, 0.29) is 45.2 Å². The molecule has 0 aliphatic heterocycles. The van der Waals surface area contributed by atoms with Gasteiger partial charge in [-0.1, -0.05) is 147 Å². The van der Waals surface area contributed by atoms with Gasteiger partial charge in [0.1, 0.15) is 11.6 Å². The van der Waals surface area contributed by atoms with E-state index in [9.17, 15) is 6.48 Å². The maximum Gasteiger partial charge on any atom is 0.149 e. The summed E-state index contributed by atoms with van der Waals surface area (Å²) in [4.78, 5) is 10.0. The van der Waals surface area contributed by atoms with Gasteiger partial charge >= 0.3 is 0 Å². The summed E-state index contributed by atoms with van der Waals surface area (Å²) in [6.07, 6.45) is -0.537. The first kappa shape index (κ1) is 31.6. The van der Waals surface area contributed by atoms with E-state index in [4.69, 9.17) is 16.0 Å². The quantitative estimate of drug-likeness (QED) is 0.182. The number of phenols is 1. The van der Waals surface area contributed by atoms with Gasteiger partial charge in [0, 0.05) is 36.7 Å². The Kier molecular flexibility index (Phi) is 7.94. The molecule has 0 aliphatic rings. The Morgan fingerprint density at radius 3 is 1.95 bits per heavy atom. The fraction of sp³-hybridized carbons (Fsp3) is 0.263. The largest absolute Gasteiger partial charge is 0.507 e. The molecule has 0 unspecified atom stereocenters. The van der Waals surface area contributed by atoms with Gasteiger partial charge in [0.15, 0.2) is 0 Å². The van der Waals surface area contributed by atoms with Crippen molar-refractivity contribution < 1.29 is 17.4 Å². The minimum absolute atomic E-state index is 0.00985. The average molecular weight is 811 g/mol. The first-order valence-electron chi connectivity index (χ1n) is 25.3. The van der Waals surface area contributed by atoms with Crippen LogP contribution in [0.25, 0.3) is 72.7 Å². The molecule has 0 saturated heterocycles. The first-order chi connectivity index (χ1) is 32.5. The summed E-state index contributed by atoms with van der Waals surface area (Å²) in [6.45, 7) is 15.4. The number of hydrogen-bond acceptors (Lipinski definition) is 3. The van der Waals surface area contributed by atoms with Crippen LogP contribution < -0.4 is 0 Å². The standard InChI is InChI=1S/C57H59N3O/c1-35-24-25-49(45(28-35)38-20-14-13-15-21-38)60-50-23-17-22-44(52(50)59-54(60)46-33-43(56(7,8)9)34-47(53(46)61)57(10,11)12)40-29-41(31-42(30-40)55(4,5)6)48-32-39(26-27-58-48)51-36(2)18-16-19-37(51)3/h13-34,61H,1-12H3/i2D3,3D3,26D,27D,32D. The number of hydrogen-bond donors (Lipinski definition) is 1. The third-order valence-electron chi connectivity index (χ3n) is 11.5. The molecule has 0 fully saturated rings. The number of pyridine rings is 1.